The fourth-order valence-corrected chi connectivity index (χ4v) is 2.42. The Balaban J connectivity index is 0.00000108. The van der Waals surface area contributed by atoms with Crippen molar-refractivity contribution >= 4 is 44.2 Å². The average molecular weight is 307 g/mol. The first-order valence-corrected chi connectivity index (χ1v) is 5.92. The Labute approximate surface area is 114 Å². The molecule has 0 atom stereocenters. The van der Waals surface area contributed by atoms with Gasteiger partial charge in [-0.1, -0.05) is 42.5 Å². The predicted molar refractivity (Wildman–Crippen MR) is 79.8 cm³/mol. The summed E-state index contributed by atoms with van der Waals surface area (Å²) in [6.07, 6.45) is 0. The average Bonchev–Trinajstić information content (AvgIpc) is 2.75. The molecule has 1 aromatic heterocycles. The van der Waals surface area contributed by atoms with Gasteiger partial charge in [0.2, 0.25) is 0 Å². The van der Waals surface area contributed by atoms with Crippen molar-refractivity contribution in [2.24, 2.45) is 0 Å². The van der Waals surface area contributed by atoms with Gasteiger partial charge in [-0.3, -0.25) is 0 Å². The molecule has 0 unspecified atom stereocenters. The molecule has 0 bridgehead atoms. The number of benzene rings is 2. The van der Waals surface area contributed by atoms with Crippen LogP contribution in [-0.2, 0) is 0 Å². The summed E-state index contributed by atoms with van der Waals surface area (Å²) in [4.78, 5) is 4.33. The molecule has 0 aliphatic carbocycles. The third-order valence-corrected chi connectivity index (χ3v) is 3.26. The molecule has 1 heterocycles. The number of thiazole rings is 1. The summed E-state index contributed by atoms with van der Waals surface area (Å²) < 4.78 is 0. The van der Waals surface area contributed by atoms with Gasteiger partial charge in [0, 0.05) is 10.9 Å². The Morgan fingerprint density at radius 3 is 2.53 bits per heavy atom. The van der Waals surface area contributed by atoms with Crippen LogP contribution in [0.25, 0.3) is 22.0 Å². The highest BCUT2D eigenvalue weighted by molar-refractivity contribution is 8.93. The van der Waals surface area contributed by atoms with E-state index in [2.05, 4.69) is 29.2 Å². The van der Waals surface area contributed by atoms with Crippen molar-refractivity contribution in [3.8, 4) is 11.3 Å². The van der Waals surface area contributed by atoms with Crippen LogP contribution in [0, 0.1) is 0 Å². The molecule has 0 aliphatic rings. The molecule has 3 aromatic rings. The third-order valence-electron chi connectivity index (χ3n) is 2.59. The summed E-state index contributed by atoms with van der Waals surface area (Å²) >= 11 is 1.47. The standard InChI is InChI=1S/C13H10N2S.BrH/c14-13-15-12(8-16-13)11-7-3-5-9-4-1-2-6-10(9)11;/h1-8H,(H2,14,15);1H. The molecule has 0 aliphatic heterocycles. The highest BCUT2D eigenvalue weighted by atomic mass is 79.9. The zero-order valence-corrected chi connectivity index (χ0v) is 11.5. The van der Waals surface area contributed by atoms with Gasteiger partial charge in [-0.25, -0.2) is 4.98 Å². The van der Waals surface area contributed by atoms with Gasteiger partial charge < -0.3 is 5.73 Å². The summed E-state index contributed by atoms with van der Waals surface area (Å²) in [5, 5.41) is 5.06. The van der Waals surface area contributed by atoms with Crippen LogP contribution < -0.4 is 5.73 Å². The topological polar surface area (TPSA) is 38.9 Å². The molecule has 0 saturated heterocycles. The van der Waals surface area contributed by atoms with Crippen LogP contribution in [0.5, 0.6) is 0 Å². The van der Waals surface area contributed by atoms with E-state index in [0.717, 1.165) is 11.3 Å². The number of hydrogen-bond donors (Lipinski definition) is 1. The molecule has 17 heavy (non-hydrogen) atoms. The van der Waals surface area contributed by atoms with Crippen molar-refractivity contribution in [2.75, 3.05) is 5.73 Å². The van der Waals surface area contributed by atoms with Crippen molar-refractivity contribution in [1.29, 1.82) is 0 Å². The lowest BCUT2D eigenvalue weighted by Gasteiger charge is -2.02. The highest BCUT2D eigenvalue weighted by Gasteiger charge is 2.05. The van der Waals surface area contributed by atoms with Crippen molar-refractivity contribution in [3.63, 3.8) is 0 Å². The molecule has 4 heteroatoms. The van der Waals surface area contributed by atoms with E-state index in [4.69, 9.17) is 5.73 Å². The van der Waals surface area contributed by atoms with Gasteiger partial charge in [0.15, 0.2) is 5.13 Å². The second-order valence-electron chi connectivity index (χ2n) is 3.60. The van der Waals surface area contributed by atoms with Crippen LogP contribution in [0.2, 0.25) is 0 Å². The van der Waals surface area contributed by atoms with Crippen LogP contribution in [0.1, 0.15) is 0 Å². The molecule has 0 fully saturated rings. The first-order chi connectivity index (χ1) is 7.84. The number of halogens is 1. The monoisotopic (exact) mass is 306 g/mol. The van der Waals surface area contributed by atoms with Gasteiger partial charge in [0.1, 0.15) is 0 Å². The highest BCUT2D eigenvalue weighted by Crippen LogP contribution is 2.29. The van der Waals surface area contributed by atoms with Crippen molar-refractivity contribution < 1.29 is 0 Å². The summed E-state index contributed by atoms with van der Waals surface area (Å²) in [7, 11) is 0. The van der Waals surface area contributed by atoms with Gasteiger partial charge in [-0.2, -0.15) is 0 Å². The Kier molecular flexibility index (Phi) is 3.45. The SMILES string of the molecule is Br.Nc1nc(-c2cccc3ccccc23)cs1. The minimum atomic E-state index is 0. The van der Waals surface area contributed by atoms with E-state index in [-0.39, 0.29) is 17.0 Å². The number of nitrogen functional groups attached to an aromatic ring is 1. The van der Waals surface area contributed by atoms with Gasteiger partial charge in [-0.15, -0.1) is 28.3 Å². The summed E-state index contributed by atoms with van der Waals surface area (Å²) in [5.41, 5.74) is 7.77. The second-order valence-corrected chi connectivity index (χ2v) is 4.49. The summed E-state index contributed by atoms with van der Waals surface area (Å²) in [5.74, 6) is 0. The molecule has 0 radical (unpaired) electrons. The van der Waals surface area contributed by atoms with Gasteiger partial charge >= 0.3 is 0 Å². The maximum Gasteiger partial charge on any atom is 0.180 e. The maximum atomic E-state index is 5.67. The van der Waals surface area contributed by atoms with Crippen molar-refractivity contribution in [2.45, 2.75) is 0 Å². The van der Waals surface area contributed by atoms with Crippen molar-refractivity contribution in [3.05, 3.63) is 47.8 Å². The summed E-state index contributed by atoms with van der Waals surface area (Å²) in [6.45, 7) is 0. The van der Waals surface area contributed by atoms with Crippen LogP contribution >= 0.6 is 28.3 Å². The molecule has 3 rings (SSSR count). The third kappa shape index (κ3) is 2.18. The zero-order chi connectivity index (χ0) is 11.0. The van der Waals surface area contributed by atoms with Crippen LogP contribution in [0.15, 0.2) is 47.8 Å². The summed E-state index contributed by atoms with van der Waals surface area (Å²) in [6, 6.07) is 14.5. The van der Waals surface area contributed by atoms with E-state index in [0.29, 0.717) is 5.13 Å². The fraction of sp³-hybridized carbons (Fsp3) is 0. The number of anilines is 1. The number of aromatic nitrogens is 1. The lowest BCUT2D eigenvalue weighted by molar-refractivity contribution is 1.42. The van der Waals surface area contributed by atoms with E-state index >= 15 is 0 Å². The van der Waals surface area contributed by atoms with Crippen LogP contribution in [0.4, 0.5) is 5.13 Å². The molecule has 2 aromatic carbocycles. The number of nitrogens with two attached hydrogens (primary N) is 1. The van der Waals surface area contributed by atoms with Crippen LogP contribution in [-0.4, -0.2) is 4.98 Å². The smallest absolute Gasteiger partial charge is 0.180 e. The molecule has 2 N–H and O–H groups in total. The molecule has 0 spiro atoms. The molecular formula is C13H11BrN2S. The second kappa shape index (κ2) is 4.85. The minimum absolute atomic E-state index is 0. The predicted octanol–water partition coefficient (Wildman–Crippen LogP) is 4.12. The Hall–Kier alpha value is -1.39. The first-order valence-electron chi connectivity index (χ1n) is 5.04. The Morgan fingerprint density at radius 1 is 1.00 bits per heavy atom. The van der Waals surface area contributed by atoms with Crippen LogP contribution in [0.3, 0.4) is 0 Å². The number of nitrogens with zero attached hydrogens (tertiary/aromatic N) is 1. The molecule has 0 saturated carbocycles. The largest absolute Gasteiger partial charge is 0.375 e. The minimum Gasteiger partial charge on any atom is -0.375 e. The van der Waals surface area contributed by atoms with Gasteiger partial charge in [-0.05, 0) is 10.8 Å². The van der Waals surface area contributed by atoms with E-state index in [1.54, 1.807) is 0 Å². The van der Waals surface area contributed by atoms with Gasteiger partial charge in [0.25, 0.3) is 0 Å². The normalized spacial score (nSPS) is 10.1. The lowest BCUT2D eigenvalue weighted by Crippen LogP contribution is -1.84. The fourth-order valence-electron chi connectivity index (χ4n) is 1.86. The quantitative estimate of drug-likeness (QED) is 0.734. The van der Waals surface area contributed by atoms with E-state index < -0.39 is 0 Å². The van der Waals surface area contributed by atoms with E-state index in [9.17, 15) is 0 Å². The number of fused-ring (bicyclic) bond motifs is 1. The molecule has 2 nitrogen and oxygen atoms in total. The Bertz CT molecular complexity index is 643. The zero-order valence-electron chi connectivity index (χ0n) is 8.96. The van der Waals surface area contributed by atoms with Gasteiger partial charge in [0.05, 0.1) is 5.69 Å². The molecule has 86 valence electrons. The lowest BCUT2D eigenvalue weighted by atomic mass is 10.0. The maximum absolute atomic E-state index is 5.67. The molecular weight excluding hydrogens is 296 g/mol. The van der Waals surface area contributed by atoms with E-state index in [1.165, 1.54) is 22.1 Å². The van der Waals surface area contributed by atoms with E-state index in [1.807, 2.05) is 23.6 Å². The van der Waals surface area contributed by atoms with Crippen molar-refractivity contribution in [1.82, 2.24) is 4.98 Å². The molecule has 0 amide bonds. The first kappa shape index (κ1) is 12.1. The number of hydrogen-bond acceptors (Lipinski definition) is 3. The number of rotatable bonds is 1. The Morgan fingerprint density at radius 2 is 1.76 bits per heavy atom.